The van der Waals surface area contributed by atoms with Crippen molar-refractivity contribution < 1.29 is 88.1 Å². The molecule has 0 aromatic rings. The molecule has 0 aromatic carbocycles. The molecule has 3 spiro atoms. The topological polar surface area (TPSA) is 246 Å². The van der Waals surface area contributed by atoms with Gasteiger partial charge in [-0.2, -0.15) is 0 Å². The van der Waals surface area contributed by atoms with Crippen LogP contribution in [0.2, 0.25) is 0 Å². The SMILES string of the molecule is CC(C)(CO)CO.CC1(C)COC2(C[C@H]3CC(=O)C[C@H]3C2)OC1.COC(=O)C1C(OC(C)=O)C[C@@H]2CC3(C[C@H]12)OCC(C)(C)CO3.COC(=O)C1[C@H](O)C[C@@H]2CC3(C[C@H]12)OCC(C)(C)CO3.O=C1CC2CC(=O)CC2C1.[H+]. The van der Waals surface area contributed by atoms with Crippen LogP contribution in [-0.4, -0.2) is 147 Å². The van der Waals surface area contributed by atoms with Gasteiger partial charge >= 0.3 is 19.3 Å². The standard InChI is InChI=1S/C17H26O6.C15H24O5.C13H20O3.C8H10O2.C5H12O2/c1-10(18)23-13-5-11-6-17(21-8-16(2,3)9-22-17)7-12(11)14(13)15(19)20-4;1-14(2)7-19-15(20-8-14)5-9-4-11(16)12(10(9)6-15)13(17)18-3;1-12(2)7-15-13(16-8-12)5-9-3-11(14)4-10(9)6-13;9-7-1-5-2-8(10)4-6(5)3-7;1-5(2,3-6)4-7/h11-14H,5-9H2,1-4H3;9-12,16H,4-8H2,1-3H3;9-10H,3-8H2,1-2H3;5-6H,1-4H2;6-7H,3-4H2,1-2H3/p+1/t11-,12+,13?,14?;9-,10+,11-,12?;9-,10+;;/m11.../s1. The minimum absolute atomic E-state index is 0. The van der Waals surface area contributed by atoms with E-state index >= 15 is 0 Å². The molecule has 0 bridgehead atoms. The molecule has 18 nitrogen and oxygen atoms in total. The number of hydrogen-bond acceptors (Lipinski definition) is 18. The Morgan fingerprint density at radius 3 is 1.18 bits per heavy atom. The maximum absolute atomic E-state index is 12.2. The first-order chi connectivity index (χ1) is 35.5. The van der Waals surface area contributed by atoms with Gasteiger partial charge < -0.3 is 58.0 Å². The molecule has 3 unspecified atom stereocenters. The summed E-state index contributed by atoms with van der Waals surface area (Å²) in [7, 11) is 2.75. The number of fused-ring (bicyclic) bond motifs is 4. The van der Waals surface area contributed by atoms with Crippen LogP contribution in [0.4, 0.5) is 0 Å². The number of Topliss-reactive ketones (excluding diaryl/α,β-unsaturated/α-hetero) is 3. The summed E-state index contributed by atoms with van der Waals surface area (Å²) in [4.78, 5) is 68.5. The van der Waals surface area contributed by atoms with E-state index in [-0.39, 0.29) is 83.7 Å². The third-order valence-corrected chi connectivity index (χ3v) is 18.2. The van der Waals surface area contributed by atoms with Gasteiger partial charge in [-0.05, 0) is 60.2 Å². The van der Waals surface area contributed by atoms with Crippen LogP contribution in [-0.2, 0) is 71.4 Å². The highest BCUT2D eigenvalue weighted by molar-refractivity contribution is 5.88. The van der Waals surface area contributed by atoms with Crippen LogP contribution in [0.15, 0.2) is 0 Å². The van der Waals surface area contributed by atoms with Gasteiger partial charge in [0.1, 0.15) is 23.5 Å². The second-order valence-corrected chi connectivity index (χ2v) is 27.7. The molecule has 18 heteroatoms. The molecule has 76 heavy (non-hydrogen) atoms. The molecule has 3 N–H and O–H groups in total. The Balaban J connectivity index is 0.000000163. The minimum Gasteiger partial charge on any atom is -0.469 e. The average molecular weight is 1080 g/mol. The Kier molecular flexibility index (Phi) is 18.9. The van der Waals surface area contributed by atoms with Crippen molar-refractivity contribution in [1.29, 1.82) is 0 Å². The number of hydrogen-bond donors (Lipinski definition) is 3. The number of rotatable bonds is 5. The van der Waals surface area contributed by atoms with E-state index in [1.54, 1.807) is 13.8 Å². The molecule has 432 valence electrons. The fraction of sp³-hybridized carbons (Fsp3) is 0.897. The molecular weight excluding hydrogens is 985 g/mol. The maximum Gasteiger partial charge on any atom is 1.00 e. The number of carbonyl (C=O) groups excluding carboxylic acids is 6. The summed E-state index contributed by atoms with van der Waals surface area (Å²) in [6.07, 6.45) is 9.27. The van der Waals surface area contributed by atoms with E-state index in [0.717, 1.165) is 51.7 Å². The van der Waals surface area contributed by atoms with Crippen LogP contribution in [0, 0.1) is 80.8 Å². The van der Waals surface area contributed by atoms with Gasteiger partial charge in [-0.25, -0.2) is 0 Å². The summed E-state index contributed by atoms with van der Waals surface area (Å²) in [5.41, 5.74) is -0.103. The number of ketones is 3. The van der Waals surface area contributed by atoms with Crippen LogP contribution in [0.3, 0.4) is 0 Å². The zero-order chi connectivity index (χ0) is 55.8. The predicted molar refractivity (Wildman–Crippen MR) is 274 cm³/mol. The first kappa shape index (κ1) is 60.7. The highest BCUT2D eigenvalue weighted by atomic mass is 16.7. The van der Waals surface area contributed by atoms with Crippen molar-refractivity contribution in [3.05, 3.63) is 0 Å². The summed E-state index contributed by atoms with van der Waals surface area (Å²) in [5, 5.41) is 27.0. The number of ether oxygens (including phenoxy) is 9. The molecule has 11 aliphatic rings. The molecule has 3 heterocycles. The second-order valence-electron chi connectivity index (χ2n) is 27.7. The quantitative estimate of drug-likeness (QED) is 0.198. The smallest absolute Gasteiger partial charge is 0.469 e. The first-order valence-electron chi connectivity index (χ1n) is 28.1. The third kappa shape index (κ3) is 14.5. The number of aliphatic hydroxyl groups is 3. The molecule has 10 atom stereocenters. The van der Waals surface area contributed by atoms with E-state index in [9.17, 15) is 33.9 Å². The molecule has 8 saturated carbocycles. The van der Waals surface area contributed by atoms with Crippen molar-refractivity contribution in [3.8, 4) is 0 Å². The zero-order valence-corrected chi connectivity index (χ0v) is 47.4. The van der Waals surface area contributed by atoms with Gasteiger partial charge in [0.2, 0.25) is 0 Å². The van der Waals surface area contributed by atoms with E-state index in [1.807, 2.05) is 0 Å². The van der Waals surface area contributed by atoms with Crippen LogP contribution in [0.25, 0.3) is 0 Å². The summed E-state index contributed by atoms with van der Waals surface area (Å²) < 4.78 is 51.3. The molecule has 11 fully saturated rings. The van der Waals surface area contributed by atoms with Crippen LogP contribution in [0.1, 0.15) is 154 Å². The normalized spacial score (nSPS) is 36.9. The number of aliphatic hydroxyl groups excluding tert-OH is 3. The molecule has 11 rings (SSSR count). The molecule has 0 radical (unpaired) electrons. The van der Waals surface area contributed by atoms with Gasteiger partial charge in [-0.15, -0.1) is 0 Å². The van der Waals surface area contributed by atoms with E-state index < -0.39 is 35.6 Å². The number of methoxy groups -OCH3 is 2. The lowest BCUT2D eigenvalue weighted by Gasteiger charge is -2.42. The van der Waals surface area contributed by atoms with Crippen molar-refractivity contribution in [2.45, 2.75) is 182 Å². The minimum atomic E-state index is -0.588. The second kappa shape index (κ2) is 23.6. The van der Waals surface area contributed by atoms with Crippen molar-refractivity contribution in [1.82, 2.24) is 0 Å². The van der Waals surface area contributed by atoms with Crippen LogP contribution >= 0.6 is 0 Å². The van der Waals surface area contributed by atoms with Crippen molar-refractivity contribution >= 4 is 35.3 Å². The maximum atomic E-state index is 12.2. The third-order valence-electron chi connectivity index (χ3n) is 18.2. The molecule has 3 aliphatic heterocycles. The van der Waals surface area contributed by atoms with Gasteiger partial charge in [0, 0.05) is 106 Å². The summed E-state index contributed by atoms with van der Waals surface area (Å²) >= 11 is 0. The van der Waals surface area contributed by atoms with Crippen LogP contribution < -0.4 is 0 Å². The highest BCUT2D eigenvalue weighted by Gasteiger charge is 2.61. The van der Waals surface area contributed by atoms with E-state index in [1.165, 1.54) is 21.1 Å². The van der Waals surface area contributed by atoms with E-state index in [0.29, 0.717) is 119 Å². The van der Waals surface area contributed by atoms with Gasteiger partial charge in [0.05, 0.1) is 85.0 Å². The molecule has 8 aliphatic carbocycles. The molecular formula is C58H93O18+. The predicted octanol–water partition coefficient (Wildman–Crippen LogP) is 6.44. The molecule has 3 saturated heterocycles. The fourth-order valence-corrected chi connectivity index (χ4v) is 13.9. The van der Waals surface area contributed by atoms with Gasteiger partial charge in [-0.3, -0.25) is 28.8 Å². The number of esters is 3. The van der Waals surface area contributed by atoms with E-state index in [4.69, 9.17) is 52.8 Å². The largest absolute Gasteiger partial charge is 1.00 e. The lowest BCUT2D eigenvalue weighted by molar-refractivity contribution is -0.298. The zero-order valence-electron chi connectivity index (χ0n) is 48.4. The molecule has 0 amide bonds. The van der Waals surface area contributed by atoms with Crippen molar-refractivity contribution in [2.75, 3.05) is 67.1 Å². The van der Waals surface area contributed by atoms with Gasteiger partial charge in [-0.1, -0.05) is 55.4 Å². The Morgan fingerprint density at radius 1 is 0.526 bits per heavy atom. The molecule has 0 aromatic heterocycles. The fourth-order valence-electron chi connectivity index (χ4n) is 13.9. The monoisotopic (exact) mass is 1080 g/mol. The average Bonchev–Trinajstić information content (AvgIpc) is 4.24. The Morgan fingerprint density at radius 2 is 0.842 bits per heavy atom. The van der Waals surface area contributed by atoms with Crippen molar-refractivity contribution in [3.63, 3.8) is 0 Å². The van der Waals surface area contributed by atoms with E-state index in [2.05, 4.69) is 41.5 Å². The summed E-state index contributed by atoms with van der Waals surface area (Å²) in [6, 6.07) is 0. The lowest BCUT2D eigenvalue weighted by Crippen LogP contribution is -2.47. The number of carbonyl (C=O) groups is 6. The van der Waals surface area contributed by atoms with Crippen LogP contribution in [0.5, 0.6) is 0 Å². The van der Waals surface area contributed by atoms with Gasteiger partial charge in [0.25, 0.3) is 0 Å². The lowest BCUT2D eigenvalue weighted by atomic mass is 9.90. The summed E-state index contributed by atoms with van der Waals surface area (Å²) in [5.74, 6) is 0.504. The summed E-state index contributed by atoms with van der Waals surface area (Å²) in [6.45, 7) is 22.1. The Labute approximate surface area is 451 Å². The first-order valence-corrected chi connectivity index (χ1v) is 28.1. The van der Waals surface area contributed by atoms with Gasteiger partial charge in [0.15, 0.2) is 17.4 Å². The Hall–Kier alpha value is -2.94. The highest BCUT2D eigenvalue weighted by Crippen LogP contribution is 2.57. The Bertz CT molecular complexity index is 2010. The van der Waals surface area contributed by atoms with Crippen molar-refractivity contribution in [2.24, 2.45) is 80.8 Å².